The van der Waals surface area contributed by atoms with Gasteiger partial charge < -0.3 is 19.5 Å². The fourth-order valence-electron chi connectivity index (χ4n) is 2.60. The SMILES string of the molecule is CN(C)C(=O)Cn1ccc2c(Nc3c(Cl)cccc3OC(F)(F)F)nccc21. The molecule has 1 amide bonds. The molecular weight excluding hydrogens is 397 g/mol. The Bertz CT molecular complexity index is 1020. The number of nitrogens with zero attached hydrogens (tertiary/aromatic N) is 3. The molecule has 0 fully saturated rings. The molecule has 0 unspecified atom stereocenters. The van der Waals surface area contributed by atoms with Gasteiger partial charge in [-0.2, -0.15) is 0 Å². The molecule has 6 nitrogen and oxygen atoms in total. The van der Waals surface area contributed by atoms with Crippen LogP contribution in [0.1, 0.15) is 0 Å². The number of nitrogens with one attached hydrogen (secondary N) is 1. The monoisotopic (exact) mass is 412 g/mol. The van der Waals surface area contributed by atoms with Crippen molar-refractivity contribution < 1.29 is 22.7 Å². The van der Waals surface area contributed by atoms with E-state index in [1.54, 1.807) is 37.0 Å². The number of rotatable bonds is 5. The van der Waals surface area contributed by atoms with Gasteiger partial charge in [-0.25, -0.2) is 4.98 Å². The van der Waals surface area contributed by atoms with Crippen LogP contribution in [0.2, 0.25) is 5.02 Å². The molecule has 0 saturated heterocycles. The van der Waals surface area contributed by atoms with Gasteiger partial charge in [0.2, 0.25) is 5.91 Å². The first-order valence-electron chi connectivity index (χ1n) is 8.11. The maximum Gasteiger partial charge on any atom is 0.573 e. The van der Waals surface area contributed by atoms with E-state index >= 15 is 0 Å². The van der Waals surface area contributed by atoms with Gasteiger partial charge in [-0.05, 0) is 24.3 Å². The number of alkyl halides is 3. The van der Waals surface area contributed by atoms with Crippen LogP contribution in [-0.2, 0) is 11.3 Å². The molecule has 2 heterocycles. The van der Waals surface area contributed by atoms with E-state index in [0.717, 1.165) is 6.07 Å². The Balaban J connectivity index is 1.98. The van der Waals surface area contributed by atoms with E-state index in [4.69, 9.17) is 11.6 Å². The molecule has 3 aromatic rings. The number of carbonyl (C=O) groups excluding carboxylic acids is 1. The molecule has 3 rings (SSSR count). The summed E-state index contributed by atoms with van der Waals surface area (Å²) in [6.07, 6.45) is -1.67. The van der Waals surface area contributed by atoms with E-state index in [1.807, 2.05) is 0 Å². The topological polar surface area (TPSA) is 59.4 Å². The first-order chi connectivity index (χ1) is 13.2. The summed E-state index contributed by atoms with van der Waals surface area (Å²) < 4.78 is 43.8. The van der Waals surface area contributed by atoms with Gasteiger partial charge in [0.25, 0.3) is 0 Å². The molecule has 148 valence electrons. The average molecular weight is 413 g/mol. The van der Waals surface area contributed by atoms with E-state index in [0.29, 0.717) is 10.9 Å². The maximum atomic E-state index is 12.7. The van der Waals surface area contributed by atoms with E-state index in [2.05, 4.69) is 15.0 Å². The number of anilines is 2. The van der Waals surface area contributed by atoms with E-state index in [9.17, 15) is 18.0 Å². The van der Waals surface area contributed by atoms with Crippen molar-refractivity contribution in [3.05, 3.63) is 47.7 Å². The van der Waals surface area contributed by atoms with Crippen molar-refractivity contribution >= 4 is 39.9 Å². The molecule has 0 spiro atoms. The lowest BCUT2D eigenvalue weighted by Crippen LogP contribution is -2.25. The molecule has 1 aromatic carbocycles. The molecule has 1 N–H and O–H groups in total. The summed E-state index contributed by atoms with van der Waals surface area (Å²) in [7, 11) is 3.31. The molecule has 0 saturated carbocycles. The number of benzene rings is 1. The zero-order valence-corrected chi connectivity index (χ0v) is 15.7. The summed E-state index contributed by atoms with van der Waals surface area (Å²) in [5.74, 6) is -0.287. The molecule has 0 aliphatic rings. The third-order valence-corrected chi connectivity index (χ3v) is 4.26. The predicted molar refractivity (Wildman–Crippen MR) is 99.8 cm³/mol. The lowest BCUT2D eigenvalue weighted by atomic mass is 10.2. The third-order valence-electron chi connectivity index (χ3n) is 3.95. The van der Waals surface area contributed by atoms with Crippen LogP contribution in [0.5, 0.6) is 5.75 Å². The van der Waals surface area contributed by atoms with Gasteiger partial charge >= 0.3 is 6.36 Å². The van der Waals surface area contributed by atoms with Crippen LogP contribution in [0.15, 0.2) is 42.7 Å². The Labute approximate surface area is 163 Å². The molecule has 0 bridgehead atoms. The number of halogens is 4. The van der Waals surface area contributed by atoms with Crippen molar-refractivity contribution in [1.29, 1.82) is 0 Å². The Morgan fingerprint density at radius 2 is 2.04 bits per heavy atom. The number of hydrogen-bond acceptors (Lipinski definition) is 4. The van der Waals surface area contributed by atoms with Crippen molar-refractivity contribution in [1.82, 2.24) is 14.5 Å². The number of fused-ring (bicyclic) bond motifs is 1. The molecule has 0 aliphatic heterocycles. The van der Waals surface area contributed by atoms with Gasteiger partial charge in [-0.3, -0.25) is 4.79 Å². The fraction of sp³-hybridized carbons (Fsp3) is 0.222. The van der Waals surface area contributed by atoms with Crippen LogP contribution >= 0.6 is 11.6 Å². The first kappa shape index (κ1) is 19.8. The quantitative estimate of drug-likeness (QED) is 0.674. The standard InChI is InChI=1S/C18H16ClF3N4O2/c1-25(2)15(27)10-26-9-7-11-13(26)6-8-23-17(11)24-16-12(19)4-3-5-14(16)28-18(20,21)22/h3-9H,10H2,1-2H3,(H,23,24). The normalized spacial score (nSPS) is 11.5. The molecule has 28 heavy (non-hydrogen) atoms. The number of ether oxygens (including phenoxy) is 1. The summed E-state index contributed by atoms with van der Waals surface area (Å²) in [6.45, 7) is 0.120. The minimum Gasteiger partial charge on any atom is -0.404 e. The van der Waals surface area contributed by atoms with Crippen molar-refractivity contribution in [3.63, 3.8) is 0 Å². The van der Waals surface area contributed by atoms with Crippen molar-refractivity contribution in [3.8, 4) is 5.75 Å². The summed E-state index contributed by atoms with van der Waals surface area (Å²) in [6, 6.07) is 7.38. The van der Waals surface area contributed by atoms with Crippen LogP contribution in [0.3, 0.4) is 0 Å². The number of likely N-dealkylation sites (N-methyl/N-ethyl adjacent to an activating group) is 1. The minimum absolute atomic E-state index is 0.0442. The highest BCUT2D eigenvalue weighted by molar-refractivity contribution is 6.33. The zero-order chi connectivity index (χ0) is 20.5. The Hall–Kier alpha value is -2.94. The lowest BCUT2D eigenvalue weighted by Gasteiger charge is -2.16. The minimum atomic E-state index is -4.86. The van der Waals surface area contributed by atoms with Crippen LogP contribution in [-0.4, -0.2) is 40.8 Å². The maximum absolute atomic E-state index is 12.7. The van der Waals surface area contributed by atoms with Crippen LogP contribution in [0, 0.1) is 0 Å². The number of para-hydroxylation sites is 1. The first-order valence-corrected chi connectivity index (χ1v) is 8.49. The van der Waals surface area contributed by atoms with E-state index < -0.39 is 12.1 Å². The Morgan fingerprint density at radius 3 is 2.71 bits per heavy atom. The van der Waals surface area contributed by atoms with Gasteiger partial charge in [0.15, 0.2) is 5.75 Å². The molecule has 0 aliphatic carbocycles. The average Bonchev–Trinajstić information content (AvgIpc) is 3.00. The fourth-order valence-corrected chi connectivity index (χ4v) is 2.81. The highest BCUT2D eigenvalue weighted by atomic mass is 35.5. The van der Waals surface area contributed by atoms with Gasteiger partial charge in [0.05, 0.1) is 10.5 Å². The van der Waals surface area contributed by atoms with Crippen LogP contribution < -0.4 is 10.1 Å². The summed E-state index contributed by atoms with van der Waals surface area (Å²) in [5, 5.41) is 3.48. The van der Waals surface area contributed by atoms with Gasteiger partial charge in [0, 0.05) is 31.9 Å². The molecular formula is C18H16ClF3N4O2. The second-order valence-corrected chi connectivity index (χ2v) is 6.52. The number of pyridine rings is 1. The number of hydrogen-bond donors (Lipinski definition) is 1. The highest BCUT2D eigenvalue weighted by Gasteiger charge is 2.32. The van der Waals surface area contributed by atoms with Gasteiger partial charge in [0.1, 0.15) is 18.1 Å². The highest BCUT2D eigenvalue weighted by Crippen LogP contribution is 2.38. The summed E-state index contributed by atoms with van der Waals surface area (Å²) >= 11 is 6.08. The van der Waals surface area contributed by atoms with Crippen molar-refractivity contribution in [2.75, 3.05) is 19.4 Å². The molecule has 2 aromatic heterocycles. The Morgan fingerprint density at radius 1 is 1.29 bits per heavy atom. The van der Waals surface area contributed by atoms with Crippen molar-refractivity contribution in [2.45, 2.75) is 12.9 Å². The predicted octanol–water partition coefficient (Wildman–Crippen LogP) is 4.42. The molecule has 0 radical (unpaired) electrons. The smallest absolute Gasteiger partial charge is 0.404 e. The largest absolute Gasteiger partial charge is 0.573 e. The number of aromatic nitrogens is 2. The second-order valence-electron chi connectivity index (χ2n) is 6.11. The molecule has 10 heteroatoms. The van der Waals surface area contributed by atoms with Crippen LogP contribution in [0.4, 0.5) is 24.7 Å². The van der Waals surface area contributed by atoms with Crippen molar-refractivity contribution in [2.24, 2.45) is 0 Å². The summed E-state index contributed by atoms with van der Waals surface area (Å²) in [4.78, 5) is 17.6. The zero-order valence-electron chi connectivity index (χ0n) is 14.9. The van der Waals surface area contributed by atoms with E-state index in [1.165, 1.54) is 23.2 Å². The second kappa shape index (κ2) is 7.59. The third kappa shape index (κ3) is 4.30. The summed E-state index contributed by atoms with van der Waals surface area (Å²) in [5.41, 5.74) is 0.636. The van der Waals surface area contributed by atoms with Crippen LogP contribution in [0.25, 0.3) is 10.9 Å². The molecule has 0 atom stereocenters. The van der Waals surface area contributed by atoms with E-state index in [-0.39, 0.29) is 29.0 Å². The number of carbonyl (C=O) groups is 1. The van der Waals surface area contributed by atoms with Gasteiger partial charge in [-0.1, -0.05) is 17.7 Å². The Kier molecular flexibility index (Phi) is 5.37. The number of amides is 1. The van der Waals surface area contributed by atoms with Gasteiger partial charge in [-0.15, -0.1) is 13.2 Å². The lowest BCUT2D eigenvalue weighted by molar-refractivity contribution is -0.274.